The molecule has 286 valence electrons. The average Bonchev–Trinajstić information content (AvgIpc) is 3.68. The second-order valence-electron chi connectivity index (χ2n) is 15.3. The molecule has 0 saturated heterocycles. The molecule has 3 heterocycles. The molecule has 6 heteroatoms. The van der Waals surface area contributed by atoms with Crippen molar-refractivity contribution < 1.29 is 0 Å². The molecule has 0 radical (unpaired) electrons. The number of anilines is 3. The van der Waals surface area contributed by atoms with E-state index in [9.17, 15) is 0 Å². The Bertz CT molecular complexity index is 3400. The Kier molecular flexibility index (Phi) is 8.35. The van der Waals surface area contributed by atoms with Crippen molar-refractivity contribution in [3.63, 3.8) is 0 Å². The lowest BCUT2D eigenvalue weighted by molar-refractivity contribution is 1.06. The summed E-state index contributed by atoms with van der Waals surface area (Å²) >= 11 is 1.81. The molecule has 61 heavy (non-hydrogen) atoms. The van der Waals surface area contributed by atoms with E-state index in [0.717, 1.165) is 55.5 Å². The Labute approximate surface area is 357 Å². The molecule has 2 aromatic heterocycles. The summed E-state index contributed by atoms with van der Waals surface area (Å²) in [4.78, 5) is 20.1. The highest BCUT2D eigenvalue weighted by atomic mass is 32.2. The number of benzene rings is 9. The summed E-state index contributed by atoms with van der Waals surface area (Å²) < 4.78 is 2.46. The number of hydrogen-bond donors (Lipinski definition) is 0. The largest absolute Gasteiger partial charge is 0.310 e. The molecule has 1 aliphatic rings. The standard InChI is InChI=1S/C55H35N5S/c1-5-16-36(17-6-1)39-21-15-22-40(32-39)54-56-53(38-19-7-2-8-20-38)57-55(58-54)41-29-30-47-49(33-41)61-50-35-44(59(42-23-9-3-10-24-42)43-25-11-4-12-26-43)34-46-51-45-27-14-13-18-37(45)28-31-48(51)60(47)52(46)50/h1-35H. The Morgan fingerprint density at radius 1 is 0.377 bits per heavy atom. The molecular formula is C55H35N5S. The van der Waals surface area contributed by atoms with Gasteiger partial charge in [-0.05, 0) is 88.6 Å². The summed E-state index contributed by atoms with van der Waals surface area (Å²) in [6.07, 6.45) is 0. The maximum Gasteiger partial charge on any atom is 0.164 e. The SMILES string of the molecule is c1ccc(-c2cccc(-c3nc(-c4ccccc4)nc(-c4ccc5c(c4)Sc4cc(N(c6ccccc6)c6ccccc6)cc6c7c8ccccc8ccc7n-5c46)n3)c2)cc1. The van der Waals surface area contributed by atoms with Crippen LogP contribution < -0.4 is 4.90 Å². The third-order valence-corrected chi connectivity index (χ3v) is 12.6. The van der Waals surface area contributed by atoms with Gasteiger partial charge < -0.3 is 9.47 Å². The van der Waals surface area contributed by atoms with E-state index in [1.54, 1.807) is 0 Å². The van der Waals surface area contributed by atoms with Crippen LogP contribution in [0.1, 0.15) is 0 Å². The topological polar surface area (TPSA) is 46.8 Å². The van der Waals surface area contributed by atoms with Crippen molar-refractivity contribution in [1.29, 1.82) is 0 Å². The number of fused-ring (bicyclic) bond motifs is 7. The normalized spacial score (nSPS) is 11.9. The van der Waals surface area contributed by atoms with Gasteiger partial charge >= 0.3 is 0 Å². The van der Waals surface area contributed by atoms with Crippen molar-refractivity contribution in [1.82, 2.24) is 19.5 Å². The lowest BCUT2D eigenvalue weighted by atomic mass is 10.0. The van der Waals surface area contributed by atoms with Gasteiger partial charge in [0.25, 0.3) is 0 Å². The minimum Gasteiger partial charge on any atom is -0.310 e. The first-order valence-corrected chi connectivity index (χ1v) is 21.3. The van der Waals surface area contributed by atoms with Crippen LogP contribution in [0.5, 0.6) is 0 Å². The first-order chi connectivity index (χ1) is 30.2. The van der Waals surface area contributed by atoms with Crippen LogP contribution in [-0.2, 0) is 0 Å². The van der Waals surface area contributed by atoms with Crippen LogP contribution in [0.25, 0.3) is 83.6 Å². The zero-order valence-electron chi connectivity index (χ0n) is 32.9. The van der Waals surface area contributed by atoms with E-state index in [4.69, 9.17) is 15.0 Å². The van der Waals surface area contributed by atoms with Crippen molar-refractivity contribution >= 4 is 61.4 Å². The lowest BCUT2D eigenvalue weighted by Crippen LogP contribution is -2.10. The molecule has 0 atom stereocenters. The minimum absolute atomic E-state index is 0.629. The summed E-state index contributed by atoms with van der Waals surface area (Å²) in [6, 6.07) is 75.0. The molecular weight excluding hydrogens is 763 g/mol. The summed E-state index contributed by atoms with van der Waals surface area (Å²) in [6.45, 7) is 0. The molecule has 0 N–H and O–H groups in total. The van der Waals surface area contributed by atoms with Crippen LogP contribution in [0.3, 0.4) is 0 Å². The molecule has 5 nitrogen and oxygen atoms in total. The van der Waals surface area contributed by atoms with Crippen molar-refractivity contribution in [2.45, 2.75) is 9.79 Å². The molecule has 0 amide bonds. The van der Waals surface area contributed by atoms with Gasteiger partial charge in [-0.15, -0.1) is 0 Å². The Morgan fingerprint density at radius 2 is 0.951 bits per heavy atom. The van der Waals surface area contributed by atoms with Crippen molar-refractivity contribution in [2.75, 3.05) is 4.90 Å². The van der Waals surface area contributed by atoms with Crippen LogP contribution >= 0.6 is 11.8 Å². The van der Waals surface area contributed by atoms with Crippen molar-refractivity contribution in [3.05, 3.63) is 212 Å². The van der Waals surface area contributed by atoms with Gasteiger partial charge in [0.15, 0.2) is 17.5 Å². The molecule has 0 bridgehead atoms. The lowest BCUT2D eigenvalue weighted by Gasteiger charge is -2.27. The molecule has 12 rings (SSSR count). The molecule has 0 aliphatic carbocycles. The zero-order valence-corrected chi connectivity index (χ0v) is 33.7. The fourth-order valence-electron chi connectivity index (χ4n) is 8.78. The zero-order chi connectivity index (χ0) is 40.3. The van der Waals surface area contributed by atoms with Crippen molar-refractivity contribution in [2.24, 2.45) is 0 Å². The van der Waals surface area contributed by atoms with E-state index in [-0.39, 0.29) is 0 Å². The van der Waals surface area contributed by atoms with Gasteiger partial charge in [0.1, 0.15) is 0 Å². The van der Waals surface area contributed by atoms with E-state index in [1.807, 2.05) is 36.0 Å². The fraction of sp³-hybridized carbons (Fsp3) is 0. The summed E-state index contributed by atoms with van der Waals surface area (Å²) in [5.41, 5.74) is 11.9. The Balaban J connectivity index is 1.06. The number of hydrogen-bond acceptors (Lipinski definition) is 5. The molecule has 11 aromatic rings. The van der Waals surface area contributed by atoms with E-state index in [2.05, 4.69) is 198 Å². The van der Waals surface area contributed by atoms with Gasteiger partial charge in [-0.1, -0.05) is 157 Å². The third kappa shape index (κ3) is 6.07. The Morgan fingerprint density at radius 3 is 1.66 bits per heavy atom. The van der Waals surface area contributed by atoms with E-state index in [1.165, 1.54) is 37.5 Å². The summed E-state index contributed by atoms with van der Waals surface area (Å²) in [5.74, 6) is 1.90. The predicted octanol–water partition coefficient (Wildman–Crippen LogP) is 14.7. The molecule has 0 fully saturated rings. The summed E-state index contributed by atoms with van der Waals surface area (Å²) in [5, 5.41) is 4.94. The highest BCUT2D eigenvalue weighted by molar-refractivity contribution is 7.99. The van der Waals surface area contributed by atoms with Gasteiger partial charge in [0.2, 0.25) is 0 Å². The number of para-hydroxylation sites is 2. The smallest absolute Gasteiger partial charge is 0.164 e. The van der Waals surface area contributed by atoms with Crippen LogP contribution in [-0.4, -0.2) is 19.5 Å². The monoisotopic (exact) mass is 797 g/mol. The van der Waals surface area contributed by atoms with Crippen LogP contribution in [0.2, 0.25) is 0 Å². The molecule has 9 aromatic carbocycles. The van der Waals surface area contributed by atoms with E-state index >= 15 is 0 Å². The average molecular weight is 798 g/mol. The highest BCUT2D eigenvalue weighted by Crippen LogP contribution is 2.51. The second kappa shape index (κ2) is 14.5. The number of nitrogens with zero attached hydrogens (tertiary/aromatic N) is 5. The fourth-order valence-corrected chi connectivity index (χ4v) is 9.94. The first-order valence-electron chi connectivity index (χ1n) is 20.4. The van der Waals surface area contributed by atoms with Gasteiger partial charge in [-0.3, -0.25) is 0 Å². The van der Waals surface area contributed by atoms with Crippen LogP contribution in [0.15, 0.2) is 222 Å². The summed E-state index contributed by atoms with van der Waals surface area (Å²) in [7, 11) is 0. The minimum atomic E-state index is 0.629. The van der Waals surface area contributed by atoms with Gasteiger partial charge in [0, 0.05) is 54.3 Å². The van der Waals surface area contributed by atoms with Crippen LogP contribution in [0.4, 0.5) is 17.1 Å². The highest BCUT2D eigenvalue weighted by Gasteiger charge is 2.27. The predicted molar refractivity (Wildman–Crippen MR) is 252 cm³/mol. The van der Waals surface area contributed by atoms with Gasteiger partial charge in [-0.2, -0.15) is 0 Å². The van der Waals surface area contributed by atoms with E-state index in [0.29, 0.717) is 17.5 Å². The van der Waals surface area contributed by atoms with Crippen molar-refractivity contribution in [3.8, 4) is 51.0 Å². The number of aromatic nitrogens is 4. The maximum atomic E-state index is 5.20. The van der Waals surface area contributed by atoms with Gasteiger partial charge in [0.05, 0.1) is 16.7 Å². The Hall–Kier alpha value is -7.80. The second-order valence-corrected chi connectivity index (χ2v) is 16.4. The maximum absolute atomic E-state index is 5.20. The van der Waals surface area contributed by atoms with Gasteiger partial charge in [-0.25, -0.2) is 15.0 Å². The first kappa shape index (κ1) is 35.2. The molecule has 1 aliphatic heterocycles. The van der Waals surface area contributed by atoms with Crippen LogP contribution in [0, 0.1) is 0 Å². The molecule has 0 saturated carbocycles. The third-order valence-electron chi connectivity index (χ3n) is 11.6. The molecule has 0 spiro atoms. The quantitative estimate of drug-likeness (QED) is 0.161. The number of rotatable bonds is 7. The van der Waals surface area contributed by atoms with E-state index < -0.39 is 0 Å². The molecule has 0 unspecified atom stereocenters.